The maximum Gasteiger partial charge on any atom is 0.321 e. The van der Waals surface area contributed by atoms with Gasteiger partial charge < -0.3 is 101 Å². The number of ether oxygens (including phenoxy) is 4. The fraction of sp³-hybridized carbons (Fsp3) is 0.417. The minimum absolute atomic E-state index is 0.0509. The van der Waals surface area contributed by atoms with Crippen LogP contribution >= 0.6 is 0 Å². The second kappa shape index (κ2) is 23.8. The molecule has 0 aliphatic carbocycles. The van der Waals surface area contributed by atoms with E-state index >= 15 is 0 Å². The summed E-state index contributed by atoms with van der Waals surface area (Å²) < 4.78 is 22.2. The van der Waals surface area contributed by atoms with Gasteiger partial charge in [0.1, 0.15) is 112 Å². The lowest BCUT2D eigenvalue weighted by Crippen LogP contribution is -2.60. The van der Waals surface area contributed by atoms with E-state index in [0.29, 0.717) is 16.0 Å². The van der Waals surface area contributed by atoms with E-state index in [-0.39, 0.29) is 24.3 Å². The number of aryl methyl sites for hydroxylation is 2. The number of carboxylic acid groups (broad SMARTS) is 2. The summed E-state index contributed by atoms with van der Waals surface area (Å²) in [6, 6.07) is 10.5. The van der Waals surface area contributed by atoms with E-state index < -0.39 is 193 Å². The van der Waals surface area contributed by atoms with Crippen LogP contribution in [0, 0.1) is 0 Å². The van der Waals surface area contributed by atoms with E-state index in [1.807, 2.05) is 0 Å². The molecule has 6 rings (SSSR count). The first-order valence-corrected chi connectivity index (χ1v) is 22.5. The highest BCUT2D eigenvalue weighted by molar-refractivity contribution is 6.03. The van der Waals surface area contributed by atoms with E-state index in [4.69, 9.17) is 18.9 Å². The zero-order chi connectivity index (χ0) is 53.6. The molecule has 2 heterocycles. The molecule has 4 aromatic carbocycles. The molecule has 0 saturated carbocycles. The maximum atomic E-state index is 14.2. The molecule has 4 aromatic rings. The van der Waals surface area contributed by atoms with Crippen molar-refractivity contribution in [2.24, 2.45) is 0 Å². The Balaban J connectivity index is 1.45. The molecule has 25 heteroatoms. The Morgan fingerprint density at radius 3 is 1.25 bits per heavy atom. The van der Waals surface area contributed by atoms with E-state index in [2.05, 4.69) is 0 Å². The summed E-state index contributed by atoms with van der Waals surface area (Å²) in [6.07, 6.45) is -21.0. The number of phenolic OH excluding ortho intramolecular Hbond substituents is 6. The fourth-order valence-corrected chi connectivity index (χ4v) is 8.27. The van der Waals surface area contributed by atoms with Crippen molar-refractivity contribution >= 4 is 23.5 Å². The molecule has 2 aliphatic rings. The van der Waals surface area contributed by atoms with Gasteiger partial charge in [0.25, 0.3) is 0 Å². The van der Waals surface area contributed by atoms with Crippen LogP contribution in [0.5, 0.6) is 46.0 Å². The van der Waals surface area contributed by atoms with Gasteiger partial charge in [-0.25, -0.2) is 0 Å². The topological polar surface area (TPSA) is 432 Å². The monoisotopic (exact) mass is 1030 g/mol. The summed E-state index contributed by atoms with van der Waals surface area (Å²) in [6.45, 7) is -3.90. The fourth-order valence-electron chi connectivity index (χ4n) is 8.27. The molecule has 0 amide bonds. The number of hydrogen-bond donors (Lipinski definition) is 16. The number of aliphatic carboxylic acids is 2. The molecule has 0 radical (unpaired) electrons. The largest absolute Gasteiger partial charge is 0.508 e. The first-order chi connectivity index (χ1) is 34.5. The summed E-state index contributed by atoms with van der Waals surface area (Å²) in [5.74, 6) is -11.3. The number of carbonyl (C=O) groups is 4. The molecule has 11 atom stereocenters. The van der Waals surface area contributed by atoms with Crippen LogP contribution in [0.3, 0.4) is 0 Å². The molecular formula is C48H55NO24. The van der Waals surface area contributed by atoms with Gasteiger partial charge in [0, 0.05) is 38.1 Å². The van der Waals surface area contributed by atoms with Crippen LogP contribution < -0.4 is 9.47 Å². The lowest BCUT2D eigenvalue weighted by atomic mass is 9.95. The Hall–Kier alpha value is -6.88. The van der Waals surface area contributed by atoms with Gasteiger partial charge in [-0.15, -0.1) is 0 Å². The Morgan fingerprint density at radius 1 is 0.548 bits per heavy atom. The SMILES string of the molecule is O=C(O)CC(C(=O)O)N(Cc1c(O)cc(O[C@H]2O[C@@H](CO)[C@H](O)[C@@H](O)[C@@H]2O)c(C(=O)CCc2ccc(O)cc2)c1O)Cc1c(O)cc(O[C@@H]2O[C@H](CO)[C@@H](O)[C@H](O)[C@H]2O)c(C(=O)CCc2ccc(O)cc2)c1O. The molecule has 0 bridgehead atoms. The zero-order valence-corrected chi connectivity index (χ0v) is 38.4. The second-order valence-corrected chi connectivity index (χ2v) is 17.4. The van der Waals surface area contributed by atoms with Crippen LogP contribution in [0.4, 0.5) is 0 Å². The van der Waals surface area contributed by atoms with Crippen molar-refractivity contribution in [3.8, 4) is 46.0 Å². The number of nitrogens with zero attached hydrogens (tertiary/aromatic N) is 1. The lowest BCUT2D eigenvalue weighted by Gasteiger charge is -2.39. The average molecular weight is 1030 g/mol. The maximum absolute atomic E-state index is 14.2. The predicted molar refractivity (Wildman–Crippen MR) is 243 cm³/mol. The van der Waals surface area contributed by atoms with Crippen molar-refractivity contribution in [2.75, 3.05) is 13.2 Å². The molecule has 16 N–H and O–H groups in total. The molecule has 396 valence electrons. The highest BCUT2D eigenvalue weighted by Gasteiger charge is 2.47. The third-order valence-electron chi connectivity index (χ3n) is 12.4. The van der Waals surface area contributed by atoms with Crippen molar-refractivity contribution < 1.29 is 120 Å². The lowest BCUT2D eigenvalue weighted by molar-refractivity contribution is -0.277. The van der Waals surface area contributed by atoms with Crippen LogP contribution in [0.2, 0.25) is 0 Å². The zero-order valence-electron chi connectivity index (χ0n) is 38.4. The highest BCUT2D eigenvalue weighted by atomic mass is 16.7. The first kappa shape index (κ1) is 55.4. The molecular weight excluding hydrogens is 975 g/mol. The van der Waals surface area contributed by atoms with Crippen molar-refractivity contribution in [2.45, 2.75) is 113 Å². The summed E-state index contributed by atoms with van der Waals surface area (Å²) in [7, 11) is 0. The van der Waals surface area contributed by atoms with Gasteiger partial charge in [-0.05, 0) is 48.2 Å². The van der Waals surface area contributed by atoms with Crippen LogP contribution in [0.15, 0.2) is 60.7 Å². The van der Waals surface area contributed by atoms with Crippen LogP contribution in [-0.2, 0) is 45.0 Å². The van der Waals surface area contributed by atoms with Crippen molar-refractivity contribution in [3.05, 3.63) is 94.0 Å². The number of benzene rings is 4. The first-order valence-electron chi connectivity index (χ1n) is 22.5. The standard InChI is InChI=1S/C48H55NO24/c50-18-33-40(62)42(64)44(66)47(72-33)70-31-14-29(56)24(38(60)36(31)27(54)11-5-20-1-7-22(52)8-2-20)16-49(26(46(68)69)13-35(58)59)17-25-30(57)15-32(71-48-45(67)43(65)41(63)34(19-51)73-48)37(39(25)61)28(55)12-6-21-3-9-23(53)10-4-21/h1-4,7-10,14-15,26,33-34,40-45,47-48,50-53,56-57,60-67H,5-6,11-13,16-19H2,(H,58,59)(H,68,69)/t26?,33-,34+,40-,41+,42+,43-,44-,45+,47-,48+. The Kier molecular flexibility index (Phi) is 18.1. The number of aromatic hydroxyl groups is 6. The van der Waals surface area contributed by atoms with Gasteiger partial charge in [0.2, 0.25) is 12.6 Å². The quantitative estimate of drug-likeness (QED) is 0.0413. The van der Waals surface area contributed by atoms with Gasteiger partial charge >= 0.3 is 11.9 Å². The van der Waals surface area contributed by atoms with Gasteiger partial charge in [-0.2, -0.15) is 0 Å². The normalized spacial score (nSPS) is 24.5. The number of carboxylic acids is 2. The minimum Gasteiger partial charge on any atom is -0.508 e. The van der Waals surface area contributed by atoms with Gasteiger partial charge in [0.05, 0.1) is 30.8 Å². The number of phenols is 6. The molecule has 0 aromatic heterocycles. The summed E-state index contributed by atoms with van der Waals surface area (Å²) in [4.78, 5) is 54.1. The Morgan fingerprint density at radius 2 is 0.918 bits per heavy atom. The van der Waals surface area contributed by atoms with Crippen molar-refractivity contribution in [3.63, 3.8) is 0 Å². The number of Topliss-reactive ketones (excluding diaryl/α,β-unsaturated/α-hetero) is 2. The highest BCUT2D eigenvalue weighted by Crippen LogP contribution is 2.45. The smallest absolute Gasteiger partial charge is 0.321 e. The van der Waals surface area contributed by atoms with Crippen molar-refractivity contribution in [1.29, 1.82) is 0 Å². The molecule has 2 aliphatic heterocycles. The predicted octanol–water partition coefficient (Wildman–Crippen LogP) is -1.16. The number of carbonyl (C=O) groups excluding carboxylic acids is 2. The summed E-state index contributed by atoms with van der Waals surface area (Å²) in [5, 5.41) is 169. The second-order valence-electron chi connectivity index (χ2n) is 17.4. The summed E-state index contributed by atoms with van der Waals surface area (Å²) >= 11 is 0. The van der Waals surface area contributed by atoms with E-state index in [0.717, 1.165) is 12.1 Å². The number of hydrogen-bond acceptors (Lipinski definition) is 23. The van der Waals surface area contributed by atoms with Gasteiger partial charge in [-0.1, -0.05) is 24.3 Å². The van der Waals surface area contributed by atoms with Gasteiger partial charge in [0.15, 0.2) is 11.6 Å². The molecule has 0 spiro atoms. The number of ketones is 2. The summed E-state index contributed by atoms with van der Waals surface area (Å²) in [5.41, 5.74) is -1.89. The third kappa shape index (κ3) is 12.7. The number of aliphatic hydroxyl groups excluding tert-OH is 8. The average Bonchev–Trinajstić information content (AvgIpc) is 3.34. The van der Waals surface area contributed by atoms with E-state index in [9.17, 15) is 101 Å². The molecule has 2 saturated heterocycles. The molecule has 25 nitrogen and oxygen atoms in total. The number of rotatable bonds is 22. The van der Waals surface area contributed by atoms with E-state index in [1.54, 1.807) is 0 Å². The molecule has 73 heavy (non-hydrogen) atoms. The Bertz CT molecular complexity index is 2440. The van der Waals surface area contributed by atoms with E-state index in [1.165, 1.54) is 48.5 Å². The Labute approximate surface area is 413 Å². The van der Waals surface area contributed by atoms with Crippen LogP contribution in [0.25, 0.3) is 0 Å². The number of aliphatic hydroxyl groups is 8. The van der Waals surface area contributed by atoms with Crippen molar-refractivity contribution in [1.82, 2.24) is 4.90 Å². The van der Waals surface area contributed by atoms with Crippen LogP contribution in [0.1, 0.15) is 62.2 Å². The minimum atomic E-state index is -2.17. The molecule has 2 fully saturated rings. The molecule has 1 unspecified atom stereocenters. The third-order valence-corrected chi connectivity index (χ3v) is 12.4. The van der Waals surface area contributed by atoms with Crippen LogP contribution in [-0.4, -0.2) is 191 Å². The van der Waals surface area contributed by atoms with Gasteiger partial charge in [-0.3, -0.25) is 24.1 Å².